The summed E-state index contributed by atoms with van der Waals surface area (Å²) < 4.78 is 29.8. The maximum atomic E-state index is 14.4. The highest BCUT2D eigenvalue weighted by Crippen LogP contribution is 2.31. The van der Waals surface area contributed by atoms with Gasteiger partial charge in [-0.15, -0.1) is 5.10 Å². The maximum Gasteiger partial charge on any atom is 0.277 e. The maximum absolute atomic E-state index is 14.4. The van der Waals surface area contributed by atoms with Gasteiger partial charge in [-0.05, 0) is 19.3 Å². The van der Waals surface area contributed by atoms with Gasteiger partial charge in [-0.25, -0.2) is 18.3 Å². The zero-order chi connectivity index (χ0) is 19.0. The molecule has 3 aromatic heterocycles. The van der Waals surface area contributed by atoms with E-state index in [4.69, 9.17) is 5.73 Å². The molecule has 0 bridgehead atoms. The summed E-state index contributed by atoms with van der Waals surface area (Å²) in [6.45, 7) is 1.36. The molecule has 3 N–H and O–H groups in total. The Morgan fingerprint density at radius 3 is 2.70 bits per heavy atom. The molecule has 1 fully saturated rings. The number of nitrogens with zero attached hydrogens (tertiary/aromatic N) is 5. The Hall–Kier alpha value is -3.30. The third kappa shape index (κ3) is 3.25. The van der Waals surface area contributed by atoms with Crippen LogP contribution >= 0.6 is 0 Å². The van der Waals surface area contributed by atoms with Crippen molar-refractivity contribution in [1.29, 1.82) is 0 Å². The predicted molar refractivity (Wildman–Crippen MR) is 95.6 cm³/mol. The van der Waals surface area contributed by atoms with E-state index in [2.05, 4.69) is 20.4 Å². The minimum Gasteiger partial charge on any atom is -0.382 e. The van der Waals surface area contributed by atoms with Crippen LogP contribution in [0.2, 0.25) is 0 Å². The number of piperidine rings is 1. The summed E-state index contributed by atoms with van der Waals surface area (Å²) in [6.07, 6.45) is 6.41. The number of pyridine rings is 1. The molecule has 0 unspecified atom stereocenters. The molecule has 4 rings (SSSR count). The minimum absolute atomic E-state index is 0.154. The van der Waals surface area contributed by atoms with E-state index in [1.54, 1.807) is 0 Å². The number of rotatable bonds is 3. The predicted octanol–water partition coefficient (Wildman–Crippen LogP) is 2.23. The molecule has 0 radical (unpaired) electrons. The van der Waals surface area contributed by atoms with Crippen molar-refractivity contribution in [3.8, 4) is 0 Å². The van der Waals surface area contributed by atoms with Gasteiger partial charge in [0.1, 0.15) is 11.5 Å². The fourth-order valence-electron chi connectivity index (χ4n) is 3.22. The van der Waals surface area contributed by atoms with Crippen LogP contribution in [0.1, 0.15) is 29.8 Å². The molecule has 1 saturated heterocycles. The first-order valence-electron chi connectivity index (χ1n) is 8.54. The first-order chi connectivity index (χ1) is 13.0. The van der Waals surface area contributed by atoms with E-state index in [1.807, 2.05) is 4.90 Å². The smallest absolute Gasteiger partial charge is 0.277 e. The zero-order valence-electron chi connectivity index (χ0n) is 14.3. The summed E-state index contributed by atoms with van der Waals surface area (Å²) in [4.78, 5) is 22.2. The lowest BCUT2D eigenvalue weighted by Crippen LogP contribution is -2.31. The molecule has 3 aromatic rings. The molecule has 4 heterocycles. The summed E-state index contributed by atoms with van der Waals surface area (Å²) in [5.41, 5.74) is 5.79. The summed E-state index contributed by atoms with van der Waals surface area (Å²) in [5, 5.41) is 6.37. The number of hydrogen-bond donors (Lipinski definition) is 2. The average Bonchev–Trinajstić information content (AvgIpc) is 3.00. The Kier molecular flexibility index (Phi) is 4.30. The van der Waals surface area contributed by atoms with Crippen molar-refractivity contribution < 1.29 is 13.6 Å². The molecule has 140 valence electrons. The van der Waals surface area contributed by atoms with Crippen LogP contribution in [0.3, 0.4) is 0 Å². The third-order valence-corrected chi connectivity index (χ3v) is 4.43. The minimum atomic E-state index is -0.869. The van der Waals surface area contributed by atoms with Crippen LogP contribution in [0.4, 0.5) is 26.0 Å². The molecule has 0 atom stereocenters. The molecule has 0 aromatic carbocycles. The fraction of sp³-hybridized carbons (Fsp3) is 0.294. The molecular weight excluding hydrogens is 356 g/mol. The number of nitrogens with two attached hydrogens (primary N) is 1. The lowest BCUT2D eigenvalue weighted by molar-refractivity contribution is 0.101. The van der Waals surface area contributed by atoms with Gasteiger partial charge in [-0.3, -0.25) is 9.78 Å². The average molecular weight is 373 g/mol. The normalized spacial score (nSPS) is 14.5. The van der Waals surface area contributed by atoms with Crippen molar-refractivity contribution in [3.63, 3.8) is 0 Å². The van der Waals surface area contributed by atoms with Crippen molar-refractivity contribution in [1.82, 2.24) is 19.6 Å². The van der Waals surface area contributed by atoms with Gasteiger partial charge in [0.15, 0.2) is 23.0 Å². The number of hydrogen-bond acceptors (Lipinski definition) is 6. The molecule has 1 amide bonds. The number of aromatic nitrogens is 4. The van der Waals surface area contributed by atoms with Gasteiger partial charge < -0.3 is 16.0 Å². The Morgan fingerprint density at radius 2 is 1.93 bits per heavy atom. The molecule has 0 aliphatic carbocycles. The number of amides is 1. The monoisotopic (exact) mass is 373 g/mol. The largest absolute Gasteiger partial charge is 0.382 e. The number of carbonyl (C=O) groups is 1. The van der Waals surface area contributed by atoms with Crippen LogP contribution < -0.4 is 16.0 Å². The van der Waals surface area contributed by atoms with Crippen LogP contribution in [0.5, 0.6) is 0 Å². The van der Waals surface area contributed by atoms with E-state index in [1.165, 1.54) is 12.3 Å². The van der Waals surface area contributed by atoms with Gasteiger partial charge in [0, 0.05) is 19.2 Å². The van der Waals surface area contributed by atoms with Crippen LogP contribution in [0, 0.1) is 11.6 Å². The number of carbonyl (C=O) groups excluding carboxylic acids is 1. The number of anilines is 3. The first-order valence-corrected chi connectivity index (χ1v) is 8.54. The van der Waals surface area contributed by atoms with Gasteiger partial charge >= 0.3 is 0 Å². The van der Waals surface area contributed by atoms with Gasteiger partial charge in [0.05, 0.1) is 24.3 Å². The van der Waals surface area contributed by atoms with Crippen molar-refractivity contribution in [2.24, 2.45) is 0 Å². The molecule has 10 heteroatoms. The van der Waals surface area contributed by atoms with E-state index in [9.17, 15) is 13.6 Å². The van der Waals surface area contributed by atoms with Crippen molar-refractivity contribution in [2.75, 3.05) is 29.0 Å². The summed E-state index contributed by atoms with van der Waals surface area (Å²) in [7, 11) is 0. The highest BCUT2D eigenvalue weighted by molar-refractivity contribution is 6.05. The third-order valence-electron chi connectivity index (χ3n) is 4.43. The van der Waals surface area contributed by atoms with E-state index in [0.717, 1.165) is 36.2 Å². The van der Waals surface area contributed by atoms with Crippen LogP contribution in [-0.4, -0.2) is 38.6 Å². The molecule has 0 saturated carbocycles. The lowest BCUT2D eigenvalue weighted by Gasteiger charge is -2.30. The van der Waals surface area contributed by atoms with Gasteiger partial charge in [0.2, 0.25) is 0 Å². The van der Waals surface area contributed by atoms with Crippen molar-refractivity contribution in [3.05, 3.63) is 42.0 Å². The van der Waals surface area contributed by atoms with Gasteiger partial charge in [-0.2, -0.15) is 0 Å². The second-order valence-electron chi connectivity index (χ2n) is 6.33. The highest BCUT2D eigenvalue weighted by Gasteiger charge is 2.23. The second kappa shape index (κ2) is 6.78. The van der Waals surface area contributed by atoms with E-state index in [0.29, 0.717) is 13.1 Å². The van der Waals surface area contributed by atoms with Gasteiger partial charge in [0.25, 0.3) is 5.91 Å². The van der Waals surface area contributed by atoms with E-state index < -0.39 is 23.2 Å². The Labute approximate surface area is 153 Å². The summed E-state index contributed by atoms with van der Waals surface area (Å²) >= 11 is 0. The fourth-order valence-corrected chi connectivity index (χ4v) is 3.22. The Morgan fingerprint density at radius 1 is 1.15 bits per heavy atom. The molecule has 8 nitrogen and oxygen atoms in total. The van der Waals surface area contributed by atoms with Crippen LogP contribution in [0.25, 0.3) is 5.65 Å². The molecule has 1 aliphatic heterocycles. The molecule has 27 heavy (non-hydrogen) atoms. The Balaban J connectivity index is 1.67. The summed E-state index contributed by atoms with van der Waals surface area (Å²) in [6, 6.07) is 1.42. The van der Waals surface area contributed by atoms with Crippen LogP contribution in [-0.2, 0) is 0 Å². The lowest BCUT2D eigenvalue weighted by atomic mass is 10.1. The summed E-state index contributed by atoms with van der Waals surface area (Å²) in [5.74, 6) is -2.06. The highest BCUT2D eigenvalue weighted by atomic mass is 19.1. The SMILES string of the molecule is Nc1cc2nc(C(=O)Nc3cncc(F)c3N3CCCCC3)c(F)cn2n1. The Bertz CT molecular complexity index is 1010. The molecular formula is C17H17F2N7O. The molecule has 0 spiro atoms. The number of fused-ring (bicyclic) bond motifs is 1. The van der Waals surface area contributed by atoms with Gasteiger partial charge in [-0.1, -0.05) is 0 Å². The number of halogens is 2. The van der Waals surface area contributed by atoms with Crippen molar-refractivity contribution in [2.45, 2.75) is 19.3 Å². The number of nitrogens with one attached hydrogen (secondary N) is 1. The standard InChI is InChI=1S/C17H17F2N7O/c18-10-7-21-8-12(16(10)25-4-2-1-3-5-25)22-17(27)15-11(19)9-26-14(23-15)6-13(20)24-26/h6-9H,1-5H2,(H2,20,24)(H,22,27). The van der Waals surface area contributed by atoms with E-state index >= 15 is 0 Å². The zero-order valence-corrected chi connectivity index (χ0v) is 14.3. The molecule has 1 aliphatic rings. The van der Waals surface area contributed by atoms with E-state index in [-0.39, 0.29) is 22.8 Å². The first kappa shape index (κ1) is 17.1. The number of nitrogen functional groups attached to an aromatic ring is 1. The van der Waals surface area contributed by atoms with Crippen LogP contribution in [0.15, 0.2) is 24.7 Å². The second-order valence-corrected chi connectivity index (χ2v) is 6.33. The van der Waals surface area contributed by atoms with Crippen molar-refractivity contribution >= 4 is 28.7 Å². The topological polar surface area (TPSA) is 101 Å². The quantitative estimate of drug-likeness (QED) is 0.730.